The molecule has 1 fully saturated rings. The van der Waals surface area contributed by atoms with E-state index in [1.165, 1.54) is 0 Å². The van der Waals surface area contributed by atoms with Gasteiger partial charge in [-0.05, 0) is 55.5 Å². The average molecular weight is 352 g/mol. The number of aromatic nitrogens is 1. The molecule has 136 valence electrons. The Hall–Kier alpha value is -2.89. The van der Waals surface area contributed by atoms with Crippen molar-refractivity contribution in [3.8, 4) is 0 Å². The molecule has 0 saturated heterocycles. The van der Waals surface area contributed by atoms with Crippen molar-refractivity contribution < 1.29 is 9.59 Å². The van der Waals surface area contributed by atoms with Crippen molar-refractivity contribution in [3.63, 3.8) is 0 Å². The zero-order valence-corrected chi connectivity index (χ0v) is 15.0. The second-order valence-corrected chi connectivity index (χ2v) is 6.90. The number of anilines is 1. The van der Waals surface area contributed by atoms with E-state index < -0.39 is 0 Å². The molecule has 3 rings (SSSR count). The Kier molecular flexibility index (Phi) is 5.51. The van der Waals surface area contributed by atoms with Crippen LogP contribution in [-0.2, 0) is 11.3 Å². The number of pyridine rings is 1. The summed E-state index contributed by atoms with van der Waals surface area (Å²) >= 11 is 0. The van der Waals surface area contributed by atoms with Crippen molar-refractivity contribution in [2.45, 2.75) is 38.8 Å². The summed E-state index contributed by atoms with van der Waals surface area (Å²) in [6.07, 6.45) is 4.45. The first-order valence-corrected chi connectivity index (χ1v) is 8.87. The summed E-state index contributed by atoms with van der Waals surface area (Å²) in [5.74, 6) is 0.409. The monoisotopic (exact) mass is 352 g/mol. The molecule has 6 nitrogen and oxygen atoms in total. The number of rotatable bonds is 6. The van der Waals surface area contributed by atoms with Crippen molar-refractivity contribution in [2.24, 2.45) is 5.92 Å². The van der Waals surface area contributed by atoms with Gasteiger partial charge in [-0.15, -0.1) is 0 Å². The summed E-state index contributed by atoms with van der Waals surface area (Å²) in [5, 5.41) is 8.53. The van der Waals surface area contributed by atoms with Crippen LogP contribution in [0.3, 0.4) is 0 Å². The van der Waals surface area contributed by atoms with Gasteiger partial charge in [0.05, 0.1) is 0 Å². The van der Waals surface area contributed by atoms with Gasteiger partial charge in [0.25, 0.3) is 0 Å². The topological polar surface area (TPSA) is 83.1 Å². The van der Waals surface area contributed by atoms with Gasteiger partial charge in [0.15, 0.2) is 0 Å². The van der Waals surface area contributed by atoms with Gasteiger partial charge < -0.3 is 16.0 Å². The lowest BCUT2D eigenvalue weighted by Gasteiger charge is -2.11. The number of hydrogen-bond acceptors (Lipinski definition) is 3. The third-order valence-corrected chi connectivity index (χ3v) is 4.34. The van der Waals surface area contributed by atoms with Crippen LogP contribution >= 0.6 is 0 Å². The molecule has 2 atom stereocenters. The standard InChI is InChI=1S/C20H24N4O2/c1-13(2)23-20(26)24-16-7-5-14(6-8-16)11-22-19(25)18-10-17(18)15-4-3-9-21-12-15/h3-9,12-13,17-18H,10-11H2,1-2H3,(H,22,25)(H2,23,24,26)/t17-,18-/m1/s1. The largest absolute Gasteiger partial charge is 0.352 e. The molecule has 1 heterocycles. The van der Waals surface area contributed by atoms with E-state index in [0.717, 1.165) is 23.2 Å². The first-order chi connectivity index (χ1) is 12.5. The number of amides is 3. The van der Waals surface area contributed by atoms with Crippen molar-refractivity contribution in [2.75, 3.05) is 5.32 Å². The second kappa shape index (κ2) is 7.99. The lowest BCUT2D eigenvalue weighted by atomic mass is 10.1. The zero-order chi connectivity index (χ0) is 18.5. The maximum absolute atomic E-state index is 12.3. The molecule has 0 bridgehead atoms. The Morgan fingerprint density at radius 2 is 1.96 bits per heavy atom. The fourth-order valence-corrected chi connectivity index (χ4v) is 2.90. The summed E-state index contributed by atoms with van der Waals surface area (Å²) in [4.78, 5) is 28.1. The number of nitrogens with one attached hydrogen (secondary N) is 3. The van der Waals surface area contributed by atoms with E-state index in [-0.39, 0.29) is 29.8 Å². The third-order valence-electron chi connectivity index (χ3n) is 4.34. The maximum Gasteiger partial charge on any atom is 0.319 e. The van der Waals surface area contributed by atoms with Gasteiger partial charge in [-0.2, -0.15) is 0 Å². The number of urea groups is 1. The maximum atomic E-state index is 12.3. The van der Waals surface area contributed by atoms with Gasteiger partial charge in [-0.25, -0.2) is 4.79 Å². The lowest BCUT2D eigenvalue weighted by molar-refractivity contribution is -0.122. The number of benzene rings is 1. The molecule has 0 unspecified atom stereocenters. The Bertz CT molecular complexity index is 759. The van der Waals surface area contributed by atoms with E-state index in [4.69, 9.17) is 0 Å². The van der Waals surface area contributed by atoms with Crippen LogP contribution in [0.2, 0.25) is 0 Å². The first-order valence-electron chi connectivity index (χ1n) is 8.87. The summed E-state index contributed by atoms with van der Waals surface area (Å²) in [5.41, 5.74) is 2.84. The normalized spacial score (nSPS) is 18.3. The van der Waals surface area contributed by atoms with Crippen LogP contribution < -0.4 is 16.0 Å². The molecule has 1 saturated carbocycles. The van der Waals surface area contributed by atoms with Gasteiger partial charge >= 0.3 is 6.03 Å². The predicted octanol–water partition coefficient (Wildman–Crippen LogP) is 3.03. The van der Waals surface area contributed by atoms with Crippen molar-refractivity contribution in [1.82, 2.24) is 15.6 Å². The van der Waals surface area contributed by atoms with Crippen LogP contribution in [0.4, 0.5) is 10.5 Å². The minimum atomic E-state index is -0.226. The molecule has 1 aromatic heterocycles. The predicted molar refractivity (Wildman–Crippen MR) is 101 cm³/mol. The van der Waals surface area contributed by atoms with E-state index in [1.54, 1.807) is 6.20 Å². The Labute approximate surface area is 153 Å². The fourth-order valence-electron chi connectivity index (χ4n) is 2.90. The molecule has 3 N–H and O–H groups in total. The summed E-state index contributed by atoms with van der Waals surface area (Å²) in [7, 11) is 0. The van der Waals surface area contributed by atoms with Crippen molar-refractivity contribution in [3.05, 3.63) is 59.9 Å². The molecular weight excluding hydrogens is 328 g/mol. The highest BCUT2D eigenvalue weighted by Crippen LogP contribution is 2.47. The Morgan fingerprint density at radius 3 is 2.62 bits per heavy atom. The van der Waals surface area contributed by atoms with E-state index in [9.17, 15) is 9.59 Å². The van der Waals surface area contributed by atoms with Gasteiger partial charge in [-0.3, -0.25) is 9.78 Å². The quantitative estimate of drug-likeness (QED) is 0.747. The molecule has 2 aromatic rings. The number of carbonyl (C=O) groups is 2. The number of hydrogen-bond donors (Lipinski definition) is 3. The van der Waals surface area contributed by atoms with Crippen LogP contribution in [-0.4, -0.2) is 23.0 Å². The lowest BCUT2D eigenvalue weighted by Crippen LogP contribution is -2.34. The molecular formula is C20H24N4O2. The summed E-state index contributed by atoms with van der Waals surface area (Å²) in [6.45, 7) is 4.29. The highest BCUT2D eigenvalue weighted by Gasteiger charge is 2.43. The average Bonchev–Trinajstić information content (AvgIpc) is 3.42. The van der Waals surface area contributed by atoms with Crippen LogP contribution in [0.5, 0.6) is 0 Å². The molecule has 26 heavy (non-hydrogen) atoms. The number of carbonyl (C=O) groups excluding carboxylic acids is 2. The molecule has 3 amide bonds. The summed E-state index contributed by atoms with van der Waals surface area (Å²) in [6, 6.07) is 11.2. The van der Waals surface area contributed by atoms with Gasteiger partial charge in [-0.1, -0.05) is 18.2 Å². The van der Waals surface area contributed by atoms with Crippen molar-refractivity contribution in [1.29, 1.82) is 0 Å². The third kappa shape index (κ3) is 4.81. The van der Waals surface area contributed by atoms with Crippen molar-refractivity contribution >= 4 is 17.6 Å². The smallest absolute Gasteiger partial charge is 0.319 e. The molecule has 1 aliphatic carbocycles. The molecule has 0 radical (unpaired) electrons. The minimum Gasteiger partial charge on any atom is -0.352 e. The van der Waals surface area contributed by atoms with Crippen LogP contribution in [0.25, 0.3) is 0 Å². The Balaban J connectivity index is 1.45. The van der Waals surface area contributed by atoms with E-state index >= 15 is 0 Å². The molecule has 1 aromatic carbocycles. The zero-order valence-electron chi connectivity index (χ0n) is 15.0. The van der Waals surface area contributed by atoms with Crippen LogP contribution in [0.15, 0.2) is 48.8 Å². The van der Waals surface area contributed by atoms with Gasteiger partial charge in [0.1, 0.15) is 0 Å². The molecule has 1 aliphatic rings. The summed E-state index contributed by atoms with van der Waals surface area (Å²) < 4.78 is 0. The second-order valence-electron chi connectivity index (χ2n) is 6.90. The number of nitrogens with zero attached hydrogens (tertiary/aromatic N) is 1. The van der Waals surface area contributed by atoms with Crippen LogP contribution in [0.1, 0.15) is 37.3 Å². The van der Waals surface area contributed by atoms with Gasteiger partial charge in [0.2, 0.25) is 5.91 Å². The fraction of sp³-hybridized carbons (Fsp3) is 0.350. The van der Waals surface area contributed by atoms with E-state index in [0.29, 0.717) is 6.54 Å². The minimum absolute atomic E-state index is 0.0415. The molecule has 0 aliphatic heterocycles. The highest BCUT2D eigenvalue weighted by molar-refractivity contribution is 5.89. The highest BCUT2D eigenvalue weighted by atomic mass is 16.2. The molecule has 6 heteroatoms. The Morgan fingerprint density at radius 1 is 1.19 bits per heavy atom. The van der Waals surface area contributed by atoms with E-state index in [1.807, 2.05) is 56.4 Å². The first kappa shape index (κ1) is 17.9. The van der Waals surface area contributed by atoms with Gasteiger partial charge in [0, 0.05) is 36.6 Å². The van der Waals surface area contributed by atoms with Crippen LogP contribution in [0, 0.1) is 5.92 Å². The van der Waals surface area contributed by atoms with E-state index in [2.05, 4.69) is 20.9 Å². The SMILES string of the molecule is CC(C)NC(=O)Nc1ccc(CNC(=O)[C@@H]2C[C@@H]2c2cccnc2)cc1. The molecule has 0 spiro atoms.